The van der Waals surface area contributed by atoms with Crippen LogP contribution in [-0.4, -0.2) is 57.0 Å². The van der Waals surface area contributed by atoms with E-state index in [1.807, 2.05) is 0 Å². The zero-order valence-corrected chi connectivity index (χ0v) is 18.3. The van der Waals surface area contributed by atoms with Gasteiger partial charge in [-0.25, -0.2) is 0 Å². The number of halogens is 3. The van der Waals surface area contributed by atoms with E-state index in [4.69, 9.17) is 9.47 Å². The molecular weight excluding hydrogens is 449 g/mol. The van der Waals surface area contributed by atoms with Gasteiger partial charge in [0.05, 0.1) is 37.3 Å². The van der Waals surface area contributed by atoms with Crippen LogP contribution in [0, 0.1) is 0 Å². The monoisotopic (exact) mass is 470 g/mol. The Hall–Kier alpha value is -3.06. The number of ether oxygens (including phenoxy) is 2. The van der Waals surface area contributed by atoms with Crippen LogP contribution in [0.3, 0.4) is 0 Å². The van der Waals surface area contributed by atoms with E-state index in [0.717, 1.165) is 17.8 Å². The number of hydrogen-bond donors (Lipinski definition) is 1. The van der Waals surface area contributed by atoms with Gasteiger partial charge in [-0.15, -0.1) is 15.3 Å². The second kappa shape index (κ2) is 10.0. The summed E-state index contributed by atoms with van der Waals surface area (Å²) in [4.78, 5) is 12.4. The molecule has 0 radical (unpaired) electrons. The molecule has 3 rings (SSSR count). The summed E-state index contributed by atoms with van der Waals surface area (Å²) in [6.07, 6.45) is -2.85. The van der Waals surface area contributed by atoms with Gasteiger partial charge in [-0.05, 0) is 12.1 Å². The molecule has 9 nitrogen and oxygen atoms in total. The second-order valence-electron chi connectivity index (χ2n) is 6.56. The molecule has 32 heavy (non-hydrogen) atoms. The topological polar surface area (TPSA) is 96.1 Å². The number of thioether (sulfide) groups is 1. The van der Waals surface area contributed by atoms with Gasteiger partial charge in [0.1, 0.15) is 5.56 Å². The minimum absolute atomic E-state index is 0.165. The van der Waals surface area contributed by atoms with Gasteiger partial charge in [-0.1, -0.05) is 23.9 Å². The van der Waals surface area contributed by atoms with Crippen LogP contribution >= 0.6 is 11.8 Å². The quantitative estimate of drug-likeness (QED) is 0.480. The lowest BCUT2D eigenvalue weighted by atomic mass is 10.1. The molecule has 0 aliphatic rings. The van der Waals surface area contributed by atoms with Crippen molar-refractivity contribution in [1.29, 1.82) is 0 Å². The Morgan fingerprint density at radius 2 is 1.97 bits per heavy atom. The highest BCUT2D eigenvalue weighted by atomic mass is 32.2. The van der Waals surface area contributed by atoms with Gasteiger partial charge in [-0.2, -0.15) is 13.2 Å². The Bertz CT molecular complexity index is 1080. The number of nitrogens with zero attached hydrogens (tertiary/aromatic N) is 5. The third kappa shape index (κ3) is 5.40. The van der Waals surface area contributed by atoms with E-state index < -0.39 is 17.6 Å². The average molecular weight is 470 g/mol. The molecule has 0 unspecified atom stereocenters. The highest BCUT2D eigenvalue weighted by Gasteiger charge is 2.33. The van der Waals surface area contributed by atoms with Crippen molar-refractivity contribution in [2.45, 2.75) is 17.9 Å². The third-order valence-electron chi connectivity index (χ3n) is 4.30. The Morgan fingerprint density at radius 3 is 2.66 bits per heavy atom. The summed E-state index contributed by atoms with van der Waals surface area (Å²) in [5.74, 6) is 0.0593. The normalized spacial score (nSPS) is 11.6. The maximum atomic E-state index is 13.1. The van der Waals surface area contributed by atoms with Gasteiger partial charge in [0.15, 0.2) is 11.0 Å². The highest BCUT2D eigenvalue weighted by molar-refractivity contribution is 7.99. The zero-order valence-electron chi connectivity index (χ0n) is 17.5. The molecule has 172 valence electrons. The average Bonchev–Trinajstić information content (AvgIpc) is 3.32. The van der Waals surface area contributed by atoms with Crippen molar-refractivity contribution in [3.8, 4) is 17.3 Å². The van der Waals surface area contributed by atoms with Gasteiger partial charge in [-0.3, -0.25) is 14.0 Å². The molecular formula is C19H21F3N6O3S. The summed E-state index contributed by atoms with van der Waals surface area (Å²) in [7, 11) is 4.77. The van der Waals surface area contributed by atoms with Crippen LogP contribution in [0.1, 0.15) is 5.56 Å². The van der Waals surface area contributed by atoms with Crippen molar-refractivity contribution in [3.05, 3.63) is 36.0 Å². The molecule has 0 aliphatic heterocycles. The highest BCUT2D eigenvalue weighted by Crippen LogP contribution is 2.35. The number of anilines is 1. The fraction of sp³-hybridized carbons (Fsp3) is 0.368. The molecule has 13 heteroatoms. The van der Waals surface area contributed by atoms with Crippen LogP contribution in [-0.2, 0) is 29.3 Å². The molecule has 2 aromatic heterocycles. The Morgan fingerprint density at radius 1 is 1.22 bits per heavy atom. The molecule has 0 bridgehead atoms. The minimum Gasteiger partial charge on any atom is -0.479 e. The number of aryl methyl sites for hydroxylation is 1. The summed E-state index contributed by atoms with van der Waals surface area (Å²) in [6.45, 7) is 0.740. The summed E-state index contributed by atoms with van der Waals surface area (Å²) in [6, 6.07) is 4.81. The van der Waals surface area contributed by atoms with Gasteiger partial charge in [0, 0.05) is 20.4 Å². The largest absolute Gasteiger partial charge is 0.479 e. The van der Waals surface area contributed by atoms with Crippen LogP contribution in [0.5, 0.6) is 5.88 Å². The number of carbonyl (C=O) groups is 1. The standard InChI is InChI=1S/C19H21F3N6O3S/c1-27-10-12(17(26-27)31-3)16-24-25-18(28(16)8-9-30-2)32-11-15(29)23-14-7-5-4-6-13(14)19(20,21)22/h4-7,10H,8-9,11H2,1-3H3,(H,23,29). The molecule has 0 atom stereocenters. The van der Waals surface area contributed by atoms with Crippen LogP contribution < -0.4 is 10.1 Å². The number of hydrogen-bond acceptors (Lipinski definition) is 7. The lowest BCUT2D eigenvalue weighted by Crippen LogP contribution is -2.18. The number of rotatable bonds is 9. The number of aromatic nitrogens is 5. The number of nitrogens with one attached hydrogen (secondary N) is 1. The van der Waals surface area contributed by atoms with E-state index >= 15 is 0 Å². The Kier molecular flexibility index (Phi) is 7.40. The first kappa shape index (κ1) is 23.6. The summed E-state index contributed by atoms with van der Waals surface area (Å²) >= 11 is 1.05. The van der Waals surface area contributed by atoms with Gasteiger partial charge in [0.2, 0.25) is 11.8 Å². The summed E-state index contributed by atoms with van der Waals surface area (Å²) < 4.78 is 53.2. The molecule has 1 aromatic carbocycles. The fourth-order valence-electron chi connectivity index (χ4n) is 2.91. The number of carbonyl (C=O) groups excluding carboxylic acids is 1. The van der Waals surface area contributed by atoms with Crippen molar-refractivity contribution in [3.63, 3.8) is 0 Å². The van der Waals surface area contributed by atoms with Crippen molar-refractivity contribution in [1.82, 2.24) is 24.5 Å². The van der Waals surface area contributed by atoms with Crippen molar-refractivity contribution in [2.24, 2.45) is 7.05 Å². The molecule has 1 amide bonds. The molecule has 0 aliphatic carbocycles. The van der Waals surface area contributed by atoms with E-state index in [0.29, 0.717) is 35.6 Å². The maximum absolute atomic E-state index is 13.1. The Balaban J connectivity index is 1.78. The predicted molar refractivity (Wildman–Crippen MR) is 111 cm³/mol. The van der Waals surface area contributed by atoms with E-state index in [-0.39, 0.29) is 11.4 Å². The first-order valence-corrected chi connectivity index (χ1v) is 10.3. The van der Waals surface area contributed by atoms with E-state index in [1.54, 1.807) is 29.6 Å². The van der Waals surface area contributed by atoms with Crippen molar-refractivity contribution >= 4 is 23.4 Å². The van der Waals surface area contributed by atoms with Crippen LogP contribution in [0.25, 0.3) is 11.4 Å². The molecule has 0 saturated heterocycles. The Labute approximate surface area is 185 Å². The number of amides is 1. The lowest BCUT2D eigenvalue weighted by molar-refractivity contribution is -0.137. The molecule has 1 N–H and O–H groups in total. The molecule has 2 heterocycles. The number of methoxy groups -OCH3 is 2. The summed E-state index contributed by atoms with van der Waals surface area (Å²) in [5.41, 5.74) is -0.603. The molecule has 3 aromatic rings. The lowest BCUT2D eigenvalue weighted by Gasteiger charge is -2.13. The predicted octanol–water partition coefficient (Wildman–Crippen LogP) is 3.08. The molecule has 0 spiro atoms. The summed E-state index contributed by atoms with van der Waals surface area (Å²) in [5, 5.41) is 15.3. The molecule has 0 fully saturated rings. The molecule has 0 saturated carbocycles. The first-order chi connectivity index (χ1) is 15.2. The third-order valence-corrected chi connectivity index (χ3v) is 5.27. The smallest absolute Gasteiger partial charge is 0.418 e. The zero-order chi connectivity index (χ0) is 23.3. The number of alkyl halides is 3. The van der Waals surface area contributed by atoms with Crippen LogP contribution in [0.4, 0.5) is 18.9 Å². The first-order valence-electron chi connectivity index (χ1n) is 9.33. The van der Waals surface area contributed by atoms with E-state index in [2.05, 4.69) is 20.6 Å². The minimum atomic E-state index is -4.57. The van der Waals surface area contributed by atoms with Crippen molar-refractivity contribution < 1.29 is 27.4 Å². The van der Waals surface area contributed by atoms with Gasteiger partial charge < -0.3 is 14.8 Å². The van der Waals surface area contributed by atoms with Crippen LogP contribution in [0.15, 0.2) is 35.6 Å². The second-order valence-corrected chi connectivity index (χ2v) is 7.50. The van der Waals surface area contributed by atoms with Gasteiger partial charge in [0.25, 0.3) is 0 Å². The number of benzene rings is 1. The van der Waals surface area contributed by atoms with E-state index in [1.165, 1.54) is 25.3 Å². The van der Waals surface area contributed by atoms with E-state index in [9.17, 15) is 18.0 Å². The van der Waals surface area contributed by atoms with Gasteiger partial charge >= 0.3 is 6.18 Å². The van der Waals surface area contributed by atoms with Crippen molar-refractivity contribution in [2.75, 3.05) is 31.9 Å². The maximum Gasteiger partial charge on any atom is 0.418 e. The fourth-order valence-corrected chi connectivity index (χ4v) is 3.67. The van der Waals surface area contributed by atoms with Crippen LogP contribution in [0.2, 0.25) is 0 Å². The number of para-hydroxylation sites is 1. The SMILES string of the molecule is COCCn1c(SCC(=O)Nc2ccccc2C(F)(F)F)nnc1-c1cn(C)nc1OC.